The molecule has 1 aliphatic rings. The van der Waals surface area contributed by atoms with Crippen LogP contribution in [0, 0.1) is 0 Å². The number of anilines is 1. The number of esters is 1. The third kappa shape index (κ3) is 4.60. The molecule has 25 heavy (non-hydrogen) atoms. The number of hydrogen-bond acceptors (Lipinski definition) is 5. The molecule has 0 bridgehead atoms. The zero-order valence-electron chi connectivity index (χ0n) is 14.3. The van der Waals surface area contributed by atoms with E-state index in [2.05, 4.69) is 11.9 Å². The Hall–Kier alpha value is -2.35. The van der Waals surface area contributed by atoms with Gasteiger partial charge in [-0.15, -0.1) is 6.58 Å². The number of benzene rings is 1. The number of carbonyl (C=O) groups is 2. The van der Waals surface area contributed by atoms with Gasteiger partial charge in [0, 0.05) is 13.1 Å². The fourth-order valence-electron chi connectivity index (χ4n) is 2.63. The van der Waals surface area contributed by atoms with E-state index < -0.39 is 28.0 Å². The normalized spacial score (nSPS) is 15.0. The number of carbonyl (C=O) groups excluding carboxylic acids is 2. The highest BCUT2D eigenvalue weighted by molar-refractivity contribution is 7.92. The minimum Gasteiger partial charge on any atom is -0.449 e. The standard InChI is InChI=1S/C17H22N2O5S/c1-4-9-18-16(20)12(2)24-17(21)14-7-8-15-13(11-14)6-5-10-19(15)25(3,22)23/h4,7-8,11-12H,1,5-6,9-10H2,2-3H3,(H,18,20)/t12-/m0/s1. The van der Waals surface area contributed by atoms with E-state index in [1.165, 1.54) is 23.4 Å². The zero-order chi connectivity index (χ0) is 18.6. The molecule has 1 amide bonds. The van der Waals surface area contributed by atoms with E-state index in [0.717, 1.165) is 11.8 Å². The number of amides is 1. The van der Waals surface area contributed by atoms with E-state index in [1.807, 2.05) is 0 Å². The first kappa shape index (κ1) is 19.0. The van der Waals surface area contributed by atoms with Crippen molar-refractivity contribution < 1.29 is 22.7 Å². The molecular weight excluding hydrogens is 344 g/mol. The van der Waals surface area contributed by atoms with Gasteiger partial charge in [-0.05, 0) is 43.5 Å². The molecule has 1 aromatic rings. The number of rotatable bonds is 6. The van der Waals surface area contributed by atoms with Crippen LogP contribution in [0.5, 0.6) is 0 Å². The summed E-state index contributed by atoms with van der Waals surface area (Å²) in [6.45, 7) is 5.70. The van der Waals surface area contributed by atoms with Gasteiger partial charge >= 0.3 is 5.97 Å². The van der Waals surface area contributed by atoms with Gasteiger partial charge in [0.15, 0.2) is 6.10 Å². The fourth-order valence-corrected chi connectivity index (χ4v) is 3.63. The summed E-state index contributed by atoms with van der Waals surface area (Å²) in [6, 6.07) is 4.75. The molecule has 0 fully saturated rings. The van der Waals surface area contributed by atoms with E-state index >= 15 is 0 Å². The maximum Gasteiger partial charge on any atom is 0.338 e. The summed E-state index contributed by atoms with van der Waals surface area (Å²) < 4.78 is 30.2. The number of ether oxygens (including phenoxy) is 1. The zero-order valence-corrected chi connectivity index (χ0v) is 15.1. The first-order valence-corrected chi connectivity index (χ1v) is 9.79. The topological polar surface area (TPSA) is 92.8 Å². The molecule has 1 aliphatic heterocycles. The van der Waals surface area contributed by atoms with Crippen LogP contribution in [0.1, 0.15) is 29.3 Å². The second kappa shape index (κ2) is 7.69. The summed E-state index contributed by atoms with van der Waals surface area (Å²) in [6.07, 6.45) is 3.12. The molecule has 0 unspecified atom stereocenters. The van der Waals surface area contributed by atoms with Gasteiger partial charge in [-0.25, -0.2) is 13.2 Å². The molecule has 136 valence electrons. The second-order valence-electron chi connectivity index (χ2n) is 5.86. The maximum atomic E-state index is 12.2. The summed E-state index contributed by atoms with van der Waals surface area (Å²) >= 11 is 0. The predicted octanol–water partition coefficient (Wildman–Crippen LogP) is 1.25. The average molecular weight is 366 g/mol. The molecule has 0 aromatic heterocycles. The number of nitrogens with zero attached hydrogens (tertiary/aromatic N) is 1. The summed E-state index contributed by atoms with van der Waals surface area (Å²) in [5, 5.41) is 2.55. The Morgan fingerprint density at radius 1 is 1.44 bits per heavy atom. The summed E-state index contributed by atoms with van der Waals surface area (Å²) in [5.74, 6) is -1.03. The van der Waals surface area contributed by atoms with Crippen molar-refractivity contribution >= 4 is 27.6 Å². The first-order chi connectivity index (χ1) is 11.7. The summed E-state index contributed by atoms with van der Waals surface area (Å²) in [5.41, 5.74) is 1.65. The minimum atomic E-state index is -3.36. The largest absolute Gasteiger partial charge is 0.449 e. The quantitative estimate of drug-likeness (QED) is 0.604. The van der Waals surface area contributed by atoms with Gasteiger partial charge in [-0.2, -0.15) is 0 Å². The van der Waals surface area contributed by atoms with Crippen LogP contribution in [0.15, 0.2) is 30.9 Å². The second-order valence-corrected chi connectivity index (χ2v) is 7.77. The van der Waals surface area contributed by atoms with Gasteiger partial charge in [-0.1, -0.05) is 6.08 Å². The van der Waals surface area contributed by atoms with Crippen LogP contribution < -0.4 is 9.62 Å². The van der Waals surface area contributed by atoms with Crippen molar-refractivity contribution in [2.45, 2.75) is 25.9 Å². The van der Waals surface area contributed by atoms with E-state index in [-0.39, 0.29) is 5.56 Å². The van der Waals surface area contributed by atoms with Crippen LogP contribution in [0.3, 0.4) is 0 Å². The highest BCUT2D eigenvalue weighted by Gasteiger charge is 2.25. The van der Waals surface area contributed by atoms with Gasteiger partial charge in [0.2, 0.25) is 10.0 Å². The van der Waals surface area contributed by atoms with Gasteiger partial charge in [-0.3, -0.25) is 9.10 Å². The lowest BCUT2D eigenvalue weighted by atomic mass is 10.0. The molecule has 2 rings (SSSR count). The average Bonchev–Trinajstić information content (AvgIpc) is 2.57. The van der Waals surface area contributed by atoms with E-state index in [0.29, 0.717) is 31.6 Å². The van der Waals surface area contributed by atoms with Crippen molar-refractivity contribution in [1.82, 2.24) is 5.32 Å². The number of aryl methyl sites for hydroxylation is 1. The number of sulfonamides is 1. The maximum absolute atomic E-state index is 12.2. The molecule has 7 nitrogen and oxygen atoms in total. The van der Waals surface area contributed by atoms with Crippen molar-refractivity contribution in [2.75, 3.05) is 23.7 Å². The monoisotopic (exact) mass is 366 g/mol. The van der Waals surface area contributed by atoms with Crippen molar-refractivity contribution in [3.05, 3.63) is 42.0 Å². The predicted molar refractivity (Wildman–Crippen MR) is 95.0 cm³/mol. The highest BCUT2D eigenvalue weighted by atomic mass is 32.2. The Morgan fingerprint density at radius 3 is 2.80 bits per heavy atom. The van der Waals surface area contributed by atoms with Crippen LogP contribution in [0.2, 0.25) is 0 Å². The Morgan fingerprint density at radius 2 is 2.16 bits per heavy atom. The highest BCUT2D eigenvalue weighted by Crippen LogP contribution is 2.30. The Balaban J connectivity index is 2.15. The van der Waals surface area contributed by atoms with Crippen molar-refractivity contribution in [2.24, 2.45) is 0 Å². The lowest BCUT2D eigenvalue weighted by Crippen LogP contribution is -2.36. The lowest BCUT2D eigenvalue weighted by molar-refractivity contribution is -0.128. The Kier molecular flexibility index (Phi) is 5.84. The fraction of sp³-hybridized carbons (Fsp3) is 0.412. The van der Waals surface area contributed by atoms with E-state index in [9.17, 15) is 18.0 Å². The molecule has 0 aliphatic carbocycles. The third-order valence-electron chi connectivity index (χ3n) is 3.87. The van der Waals surface area contributed by atoms with Crippen LogP contribution in [-0.2, 0) is 26.0 Å². The SMILES string of the molecule is C=CCNC(=O)[C@H](C)OC(=O)c1ccc2c(c1)CCCN2S(C)(=O)=O. The molecule has 1 atom stereocenters. The first-order valence-electron chi connectivity index (χ1n) is 7.94. The molecule has 1 heterocycles. The van der Waals surface area contributed by atoms with Gasteiger partial charge < -0.3 is 10.1 Å². The van der Waals surface area contributed by atoms with Crippen LogP contribution in [-0.4, -0.2) is 45.7 Å². The molecule has 0 saturated carbocycles. The number of fused-ring (bicyclic) bond motifs is 1. The Labute approximate surface area is 147 Å². The molecule has 0 radical (unpaired) electrons. The van der Waals surface area contributed by atoms with Crippen molar-refractivity contribution in [3.8, 4) is 0 Å². The van der Waals surface area contributed by atoms with Crippen LogP contribution in [0.4, 0.5) is 5.69 Å². The van der Waals surface area contributed by atoms with Crippen LogP contribution >= 0.6 is 0 Å². The Bertz CT molecular complexity index is 788. The van der Waals surface area contributed by atoms with E-state index in [1.54, 1.807) is 12.1 Å². The molecule has 1 aromatic carbocycles. The van der Waals surface area contributed by atoms with Crippen molar-refractivity contribution in [3.63, 3.8) is 0 Å². The molecular formula is C17H22N2O5S. The lowest BCUT2D eigenvalue weighted by Gasteiger charge is -2.29. The van der Waals surface area contributed by atoms with Gasteiger partial charge in [0.05, 0.1) is 17.5 Å². The minimum absolute atomic E-state index is 0.289. The molecule has 8 heteroatoms. The molecule has 1 N–H and O–H groups in total. The van der Waals surface area contributed by atoms with Gasteiger partial charge in [0.25, 0.3) is 5.91 Å². The molecule has 0 saturated heterocycles. The third-order valence-corrected chi connectivity index (χ3v) is 5.05. The van der Waals surface area contributed by atoms with Gasteiger partial charge in [0.1, 0.15) is 0 Å². The van der Waals surface area contributed by atoms with E-state index in [4.69, 9.17) is 4.74 Å². The number of hydrogen-bond donors (Lipinski definition) is 1. The van der Waals surface area contributed by atoms with Crippen LogP contribution in [0.25, 0.3) is 0 Å². The van der Waals surface area contributed by atoms with Crippen molar-refractivity contribution in [1.29, 1.82) is 0 Å². The summed E-state index contributed by atoms with van der Waals surface area (Å²) in [4.78, 5) is 24.0. The smallest absolute Gasteiger partial charge is 0.338 e. The molecule has 0 spiro atoms. The summed E-state index contributed by atoms with van der Waals surface area (Å²) in [7, 11) is -3.36. The number of nitrogens with one attached hydrogen (secondary N) is 1.